The van der Waals surface area contributed by atoms with E-state index in [1.807, 2.05) is 50.1 Å². The smallest absolute Gasteiger partial charge is 0.321 e. The van der Waals surface area contributed by atoms with Crippen LogP contribution in [-0.2, 0) is 29.6 Å². The standard InChI is InChI=1S/C35H45N5O9S2/c1-38(2)30-14-5-12-26-24(30)10-7-16-32(26)50(46,47)36-28(34(42)43)18-21-40(20-9-23-41)22-19-29(35(44)45)37-51(48,49)33-17-8-11-25-27(33)13-6-15-31(25)39(3)4/h5-8,10-17,28-29,36-37,41H,9,18-23H2,1-4H3,(H,42,43)(H,44,45). The molecule has 51 heavy (non-hydrogen) atoms. The number of aliphatic hydroxyl groups excluding tert-OH is 1. The van der Waals surface area contributed by atoms with Crippen molar-refractivity contribution < 1.29 is 41.7 Å². The first kappa shape index (κ1) is 39.5. The zero-order valence-corrected chi connectivity index (χ0v) is 30.6. The number of rotatable bonds is 19. The van der Waals surface area contributed by atoms with Gasteiger partial charge in [-0.25, -0.2) is 16.8 Å². The molecule has 0 heterocycles. The van der Waals surface area contributed by atoms with Gasteiger partial charge >= 0.3 is 11.9 Å². The van der Waals surface area contributed by atoms with Crippen LogP contribution in [0.1, 0.15) is 19.3 Å². The van der Waals surface area contributed by atoms with E-state index in [0.717, 1.165) is 11.4 Å². The third-order valence-corrected chi connectivity index (χ3v) is 11.6. The summed E-state index contributed by atoms with van der Waals surface area (Å²) in [7, 11) is -1.30. The molecule has 4 aromatic carbocycles. The summed E-state index contributed by atoms with van der Waals surface area (Å²) in [6.07, 6.45) is -0.121. The number of aliphatic hydroxyl groups is 1. The zero-order chi connectivity index (χ0) is 37.5. The third-order valence-electron chi connectivity index (χ3n) is 8.55. The average molecular weight is 744 g/mol. The Balaban J connectivity index is 1.50. The maximum Gasteiger partial charge on any atom is 0.321 e. The largest absolute Gasteiger partial charge is 0.480 e. The second kappa shape index (κ2) is 16.8. The summed E-state index contributed by atoms with van der Waals surface area (Å²) in [5.74, 6) is -2.81. The number of nitrogens with one attached hydrogen (secondary N) is 2. The second-order valence-corrected chi connectivity index (χ2v) is 15.9. The van der Waals surface area contributed by atoms with E-state index < -0.39 is 44.1 Å². The van der Waals surface area contributed by atoms with Crippen molar-refractivity contribution in [1.82, 2.24) is 14.3 Å². The summed E-state index contributed by atoms with van der Waals surface area (Å²) >= 11 is 0. The van der Waals surface area contributed by atoms with E-state index in [4.69, 9.17) is 0 Å². The molecular weight excluding hydrogens is 699 g/mol. The van der Waals surface area contributed by atoms with Gasteiger partial charge in [-0.1, -0.05) is 48.5 Å². The molecule has 16 heteroatoms. The minimum atomic E-state index is -4.31. The van der Waals surface area contributed by atoms with E-state index in [1.54, 1.807) is 53.4 Å². The van der Waals surface area contributed by atoms with Crippen LogP contribution in [0, 0.1) is 0 Å². The Hall–Kier alpha value is -4.32. The number of hydrogen-bond acceptors (Lipinski definition) is 10. The first-order chi connectivity index (χ1) is 24.1. The summed E-state index contributed by atoms with van der Waals surface area (Å²) in [5, 5.41) is 31.7. The van der Waals surface area contributed by atoms with Crippen LogP contribution in [0.4, 0.5) is 11.4 Å². The highest BCUT2D eigenvalue weighted by atomic mass is 32.2. The number of fused-ring (bicyclic) bond motifs is 2. The predicted molar refractivity (Wildman–Crippen MR) is 197 cm³/mol. The fourth-order valence-corrected chi connectivity index (χ4v) is 8.89. The van der Waals surface area contributed by atoms with Crippen molar-refractivity contribution in [3.8, 4) is 0 Å². The minimum Gasteiger partial charge on any atom is -0.480 e. The van der Waals surface area contributed by atoms with Crippen molar-refractivity contribution in [2.24, 2.45) is 0 Å². The van der Waals surface area contributed by atoms with Gasteiger partial charge in [0, 0.05) is 87.4 Å². The molecule has 0 fully saturated rings. The molecule has 2 unspecified atom stereocenters. The first-order valence-electron chi connectivity index (χ1n) is 16.3. The molecule has 276 valence electrons. The van der Waals surface area contributed by atoms with Crippen molar-refractivity contribution in [1.29, 1.82) is 0 Å². The maximum absolute atomic E-state index is 13.6. The molecule has 5 N–H and O–H groups in total. The lowest BCUT2D eigenvalue weighted by Crippen LogP contribution is -2.45. The van der Waals surface area contributed by atoms with Crippen molar-refractivity contribution >= 4 is 64.9 Å². The lowest BCUT2D eigenvalue weighted by atomic mass is 10.1. The quantitative estimate of drug-likeness (QED) is 0.0944. The molecule has 0 spiro atoms. The van der Waals surface area contributed by atoms with Gasteiger partial charge < -0.3 is 30.0 Å². The summed E-state index contributed by atoms with van der Waals surface area (Å²) in [6, 6.07) is 16.9. The number of anilines is 2. The molecule has 0 saturated carbocycles. The van der Waals surface area contributed by atoms with Gasteiger partial charge in [-0.2, -0.15) is 9.44 Å². The van der Waals surface area contributed by atoms with Crippen LogP contribution >= 0.6 is 0 Å². The number of carboxylic acid groups (broad SMARTS) is 2. The molecular formula is C35H45N5O9S2. The monoisotopic (exact) mass is 743 g/mol. The Morgan fingerprint density at radius 2 is 0.980 bits per heavy atom. The van der Waals surface area contributed by atoms with Crippen molar-refractivity contribution in [3.63, 3.8) is 0 Å². The molecule has 0 aliphatic rings. The van der Waals surface area contributed by atoms with Crippen molar-refractivity contribution in [2.75, 3.05) is 64.2 Å². The van der Waals surface area contributed by atoms with Crippen LogP contribution in [0.3, 0.4) is 0 Å². The van der Waals surface area contributed by atoms with E-state index in [1.165, 1.54) is 12.1 Å². The number of sulfonamides is 2. The summed E-state index contributed by atoms with van der Waals surface area (Å²) in [4.78, 5) is 29.8. The Labute approximate surface area is 298 Å². The number of carbonyl (C=O) groups is 2. The zero-order valence-electron chi connectivity index (χ0n) is 29.0. The maximum atomic E-state index is 13.6. The summed E-state index contributed by atoms with van der Waals surface area (Å²) in [6.45, 7) is 0.0412. The average Bonchev–Trinajstić information content (AvgIpc) is 3.08. The number of benzene rings is 4. The van der Waals surface area contributed by atoms with Crippen LogP contribution in [0.5, 0.6) is 0 Å². The lowest BCUT2D eigenvalue weighted by Gasteiger charge is -2.26. The van der Waals surface area contributed by atoms with Crippen LogP contribution in [0.2, 0.25) is 0 Å². The minimum absolute atomic E-state index is 0.00945. The van der Waals surface area contributed by atoms with Gasteiger partial charge in [0.25, 0.3) is 0 Å². The molecule has 2 atom stereocenters. The highest BCUT2D eigenvalue weighted by molar-refractivity contribution is 7.90. The molecule has 0 aliphatic heterocycles. The third kappa shape index (κ3) is 9.52. The van der Waals surface area contributed by atoms with E-state index in [0.29, 0.717) is 21.5 Å². The molecule has 0 bridgehead atoms. The van der Waals surface area contributed by atoms with Crippen LogP contribution in [0.15, 0.2) is 82.6 Å². The van der Waals surface area contributed by atoms with Crippen LogP contribution < -0.4 is 19.2 Å². The molecule has 0 aliphatic carbocycles. The highest BCUT2D eigenvalue weighted by Crippen LogP contribution is 2.31. The number of carboxylic acids is 2. The van der Waals surface area contributed by atoms with Crippen LogP contribution in [-0.4, -0.2) is 116 Å². The van der Waals surface area contributed by atoms with Gasteiger partial charge in [0.1, 0.15) is 12.1 Å². The SMILES string of the molecule is CN(C)c1cccc2c(S(=O)(=O)NC(CCN(CCCO)CCC(NS(=O)(=O)c3cccc4c(N(C)C)cccc34)C(=O)O)C(=O)O)cccc12. The van der Waals surface area contributed by atoms with Crippen LogP contribution in [0.25, 0.3) is 21.5 Å². The normalized spacial score (nSPS) is 13.4. The molecule has 0 radical (unpaired) electrons. The van der Waals surface area contributed by atoms with Crippen molar-refractivity contribution in [3.05, 3.63) is 72.8 Å². The Bertz CT molecular complexity index is 1940. The van der Waals surface area contributed by atoms with E-state index in [-0.39, 0.29) is 55.3 Å². The van der Waals surface area contributed by atoms with Gasteiger partial charge in [-0.3, -0.25) is 9.59 Å². The second-order valence-electron chi connectivity index (χ2n) is 12.6. The van der Waals surface area contributed by atoms with Gasteiger partial charge in [0.05, 0.1) is 9.79 Å². The van der Waals surface area contributed by atoms with Gasteiger partial charge in [0.15, 0.2) is 0 Å². The number of nitrogens with zero attached hydrogens (tertiary/aromatic N) is 3. The molecule has 0 aromatic heterocycles. The van der Waals surface area contributed by atoms with E-state index >= 15 is 0 Å². The highest BCUT2D eigenvalue weighted by Gasteiger charge is 2.30. The topological polar surface area (TPSA) is 197 Å². The van der Waals surface area contributed by atoms with E-state index in [9.17, 15) is 41.7 Å². The molecule has 4 aromatic rings. The Kier molecular flexibility index (Phi) is 13.0. The number of hydrogen-bond donors (Lipinski definition) is 5. The van der Waals surface area contributed by atoms with Gasteiger partial charge in [0.2, 0.25) is 20.0 Å². The Morgan fingerprint density at radius 1 is 0.608 bits per heavy atom. The first-order valence-corrected chi connectivity index (χ1v) is 19.3. The fraction of sp³-hybridized carbons (Fsp3) is 0.371. The molecule has 0 amide bonds. The molecule has 14 nitrogen and oxygen atoms in total. The van der Waals surface area contributed by atoms with Gasteiger partial charge in [-0.15, -0.1) is 0 Å². The number of aliphatic carboxylic acids is 2. The summed E-state index contributed by atoms with van der Waals surface area (Å²) in [5.41, 5.74) is 1.58. The fourth-order valence-electron chi connectivity index (χ4n) is 6.00. The van der Waals surface area contributed by atoms with Gasteiger partial charge in [-0.05, 0) is 43.5 Å². The molecule has 0 saturated heterocycles. The van der Waals surface area contributed by atoms with E-state index in [2.05, 4.69) is 9.44 Å². The molecule has 4 rings (SSSR count). The predicted octanol–water partition coefficient (Wildman–Crippen LogP) is 2.75. The summed E-state index contributed by atoms with van der Waals surface area (Å²) < 4.78 is 58.9. The van der Waals surface area contributed by atoms with Crippen molar-refractivity contribution in [2.45, 2.75) is 41.1 Å². The Morgan fingerprint density at radius 3 is 1.33 bits per heavy atom. The lowest BCUT2D eigenvalue weighted by molar-refractivity contribution is -0.139.